The van der Waals surface area contributed by atoms with Crippen molar-refractivity contribution >= 4 is 39.5 Å². The summed E-state index contributed by atoms with van der Waals surface area (Å²) in [6.45, 7) is 9.68. The van der Waals surface area contributed by atoms with Crippen molar-refractivity contribution in [3.8, 4) is 0 Å². The Hall–Kier alpha value is -1.94. The van der Waals surface area contributed by atoms with Gasteiger partial charge < -0.3 is 33.8 Å². The first-order valence-electron chi connectivity index (χ1n) is 44.0. The van der Waals surface area contributed by atoms with E-state index in [9.17, 15) is 43.2 Å². The molecule has 0 rings (SSSR count). The number of carbonyl (C=O) groups excluding carboxylic acids is 4. The summed E-state index contributed by atoms with van der Waals surface area (Å²) in [7, 11) is -9.93. The summed E-state index contributed by atoms with van der Waals surface area (Å²) in [4.78, 5) is 73.2. The van der Waals surface area contributed by atoms with Gasteiger partial charge in [0.15, 0.2) is 12.2 Å². The third-order valence-electron chi connectivity index (χ3n) is 20.3. The molecule has 0 fully saturated rings. The smallest absolute Gasteiger partial charge is 0.462 e. The molecule has 0 aliphatic rings. The highest BCUT2D eigenvalue weighted by Gasteiger charge is 2.30. The van der Waals surface area contributed by atoms with Gasteiger partial charge in [0.25, 0.3) is 0 Å². The van der Waals surface area contributed by atoms with E-state index in [1.807, 2.05) is 0 Å². The van der Waals surface area contributed by atoms with E-state index in [1.165, 1.54) is 270 Å². The van der Waals surface area contributed by atoms with Crippen molar-refractivity contribution in [2.75, 3.05) is 39.6 Å². The molecule has 0 aliphatic heterocycles. The second kappa shape index (κ2) is 76.4. The molecule has 0 heterocycles. The number of carbonyl (C=O) groups is 4. The molecule has 3 N–H and O–H groups in total. The SMILES string of the molecule is CCCCCCCCCCCCCCCCCCCCCCCC(=O)O[C@H](COC(=O)CCCCCCCCCCCCCCCCC(C)CC)COP(=O)(O)OC[C@@H](O)COP(=O)(O)OC[C@@H](COC(=O)CCCCCCCCCCC(C)C)OC(=O)CCCCCCCCCCCCCCCC. The molecule has 3 unspecified atom stereocenters. The lowest BCUT2D eigenvalue weighted by Gasteiger charge is -2.21. The van der Waals surface area contributed by atoms with E-state index in [4.69, 9.17) is 37.0 Å². The maximum Gasteiger partial charge on any atom is 0.472 e. The third kappa shape index (κ3) is 76.8. The summed E-state index contributed by atoms with van der Waals surface area (Å²) in [6, 6.07) is 0. The van der Waals surface area contributed by atoms with Crippen molar-refractivity contribution in [1.82, 2.24) is 0 Å². The molecule has 0 saturated heterocycles. The highest BCUT2D eigenvalue weighted by Crippen LogP contribution is 2.45. The van der Waals surface area contributed by atoms with E-state index in [0.717, 1.165) is 102 Å². The van der Waals surface area contributed by atoms with Crippen molar-refractivity contribution in [2.24, 2.45) is 11.8 Å². The fraction of sp³-hybridized carbons (Fsp3) is 0.953. The predicted molar refractivity (Wildman–Crippen MR) is 428 cm³/mol. The lowest BCUT2D eigenvalue weighted by molar-refractivity contribution is -0.161. The number of esters is 4. The molecule has 0 spiro atoms. The maximum absolute atomic E-state index is 13.1. The quantitative estimate of drug-likeness (QED) is 0.0222. The van der Waals surface area contributed by atoms with Crippen molar-refractivity contribution < 1.29 is 80.2 Å². The van der Waals surface area contributed by atoms with Crippen LogP contribution in [0.1, 0.15) is 452 Å². The average Bonchev–Trinajstić information content (AvgIpc) is 0.919. The molecule has 19 heteroatoms. The predicted octanol–water partition coefficient (Wildman–Crippen LogP) is 25.8. The molecule has 104 heavy (non-hydrogen) atoms. The van der Waals surface area contributed by atoms with Gasteiger partial charge in [-0.05, 0) is 37.5 Å². The van der Waals surface area contributed by atoms with Gasteiger partial charge >= 0.3 is 39.5 Å². The number of phosphoric acid groups is 2. The van der Waals surface area contributed by atoms with Crippen LogP contribution >= 0.6 is 15.6 Å². The van der Waals surface area contributed by atoms with Gasteiger partial charge in [-0.2, -0.15) is 0 Å². The average molecular weight is 1520 g/mol. The largest absolute Gasteiger partial charge is 0.472 e. The molecule has 0 aromatic carbocycles. The maximum atomic E-state index is 13.1. The standard InChI is InChI=1S/C85H166O17P2/c1-7-10-12-14-16-18-20-22-24-25-26-27-28-29-30-36-40-44-52-58-64-70-85(90)101-80(73-95-82(87)67-61-55-49-42-38-35-32-31-33-37-41-48-54-60-66-78(6)9-3)75-99-103(91,92)97-71-79(86)72-98-104(93,94)100-76-81(74-96-83(88)68-62-56-50-46-45-47-53-59-65-77(4)5)102-84(89)69-63-57-51-43-39-34-23-21-19-17-15-13-11-8-2/h77-81,86H,7-76H2,1-6H3,(H,91,92)(H,93,94)/t78?,79-,80-,81-/m1/s1. The van der Waals surface area contributed by atoms with E-state index >= 15 is 0 Å². The zero-order chi connectivity index (χ0) is 76.4. The summed E-state index contributed by atoms with van der Waals surface area (Å²) in [5.74, 6) is -0.527. The third-order valence-corrected chi connectivity index (χ3v) is 22.2. The summed E-state index contributed by atoms with van der Waals surface area (Å²) >= 11 is 0. The number of unbranched alkanes of at least 4 members (excludes halogenated alkanes) is 53. The number of aliphatic hydroxyl groups is 1. The molecule has 0 saturated carbocycles. The lowest BCUT2D eigenvalue weighted by Crippen LogP contribution is -2.30. The fourth-order valence-corrected chi connectivity index (χ4v) is 14.8. The molecule has 0 amide bonds. The van der Waals surface area contributed by atoms with E-state index in [2.05, 4.69) is 41.5 Å². The van der Waals surface area contributed by atoms with Crippen LogP contribution in [-0.2, 0) is 65.4 Å². The molecule has 6 atom stereocenters. The lowest BCUT2D eigenvalue weighted by atomic mass is 9.99. The fourth-order valence-electron chi connectivity index (χ4n) is 13.2. The summed E-state index contributed by atoms with van der Waals surface area (Å²) in [5, 5.41) is 10.7. The van der Waals surface area contributed by atoms with Gasteiger partial charge in [0.05, 0.1) is 26.4 Å². The van der Waals surface area contributed by atoms with Crippen LogP contribution in [0.15, 0.2) is 0 Å². The number of phosphoric ester groups is 2. The monoisotopic (exact) mass is 1520 g/mol. The highest BCUT2D eigenvalue weighted by molar-refractivity contribution is 7.47. The van der Waals surface area contributed by atoms with Crippen molar-refractivity contribution in [3.63, 3.8) is 0 Å². The minimum Gasteiger partial charge on any atom is -0.462 e. The molecular formula is C85H166O17P2. The normalized spacial score (nSPS) is 14.1. The van der Waals surface area contributed by atoms with Gasteiger partial charge in [-0.15, -0.1) is 0 Å². The molecular weight excluding hydrogens is 1350 g/mol. The number of rotatable bonds is 84. The minimum absolute atomic E-state index is 0.108. The van der Waals surface area contributed by atoms with Crippen molar-refractivity contribution in [3.05, 3.63) is 0 Å². The molecule has 0 aromatic rings. The van der Waals surface area contributed by atoms with E-state index in [-0.39, 0.29) is 25.7 Å². The second-order valence-electron chi connectivity index (χ2n) is 31.3. The Morgan fingerprint density at radius 1 is 0.279 bits per heavy atom. The molecule has 618 valence electrons. The van der Waals surface area contributed by atoms with Gasteiger partial charge in [0.2, 0.25) is 0 Å². The number of hydrogen-bond acceptors (Lipinski definition) is 15. The first-order chi connectivity index (χ1) is 50.4. The van der Waals surface area contributed by atoms with Crippen LogP contribution in [0.4, 0.5) is 0 Å². The molecule has 0 aromatic heterocycles. The molecule has 0 aliphatic carbocycles. The Balaban J connectivity index is 5.24. The first-order valence-corrected chi connectivity index (χ1v) is 47.0. The van der Waals surface area contributed by atoms with E-state index < -0.39 is 97.5 Å². The summed E-state index contributed by atoms with van der Waals surface area (Å²) < 4.78 is 68.9. The highest BCUT2D eigenvalue weighted by atomic mass is 31.2. The van der Waals surface area contributed by atoms with Gasteiger partial charge in [-0.3, -0.25) is 37.3 Å². The molecule has 0 radical (unpaired) electrons. The van der Waals surface area contributed by atoms with Crippen molar-refractivity contribution in [1.29, 1.82) is 0 Å². The van der Waals surface area contributed by atoms with Crippen LogP contribution in [0.5, 0.6) is 0 Å². The Morgan fingerprint density at radius 3 is 0.731 bits per heavy atom. The van der Waals surface area contributed by atoms with Crippen LogP contribution < -0.4 is 0 Å². The first kappa shape index (κ1) is 102. The summed E-state index contributed by atoms with van der Waals surface area (Å²) in [5.41, 5.74) is 0. The van der Waals surface area contributed by atoms with Gasteiger partial charge in [-0.25, -0.2) is 9.13 Å². The Kier molecular flexibility index (Phi) is 75.0. The van der Waals surface area contributed by atoms with Gasteiger partial charge in [0.1, 0.15) is 19.3 Å². The second-order valence-corrected chi connectivity index (χ2v) is 34.2. The Bertz CT molecular complexity index is 2000. The van der Waals surface area contributed by atoms with Gasteiger partial charge in [-0.1, -0.05) is 401 Å². The molecule has 0 bridgehead atoms. The number of ether oxygens (including phenoxy) is 4. The van der Waals surface area contributed by atoms with Crippen LogP contribution in [0.25, 0.3) is 0 Å². The van der Waals surface area contributed by atoms with Crippen molar-refractivity contribution in [2.45, 2.75) is 471 Å². The van der Waals surface area contributed by atoms with E-state index in [0.29, 0.717) is 25.7 Å². The molecule has 17 nitrogen and oxygen atoms in total. The van der Waals surface area contributed by atoms with E-state index in [1.54, 1.807) is 0 Å². The number of aliphatic hydroxyl groups excluding tert-OH is 1. The van der Waals surface area contributed by atoms with Crippen LogP contribution in [-0.4, -0.2) is 96.7 Å². The topological polar surface area (TPSA) is 237 Å². The van der Waals surface area contributed by atoms with Crippen LogP contribution in [0.3, 0.4) is 0 Å². The minimum atomic E-state index is -4.97. The summed E-state index contributed by atoms with van der Waals surface area (Å²) in [6.07, 6.45) is 68.0. The van der Waals surface area contributed by atoms with Gasteiger partial charge in [0, 0.05) is 25.7 Å². The van der Waals surface area contributed by atoms with Crippen LogP contribution in [0.2, 0.25) is 0 Å². The number of hydrogen-bond donors (Lipinski definition) is 3. The Labute approximate surface area is 638 Å². The Morgan fingerprint density at radius 2 is 0.490 bits per heavy atom. The van der Waals surface area contributed by atoms with Crippen LogP contribution in [0, 0.1) is 11.8 Å². The zero-order valence-corrected chi connectivity index (χ0v) is 70.1. The zero-order valence-electron chi connectivity index (χ0n) is 68.3.